The minimum atomic E-state index is -0.274. The third-order valence-electron chi connectivity index (χ3n) is 8.57. The fourth-order valence-electron chi connectivity index (χ4n) is 6.31. The lowest BCUT2D eigenvalue weighted by molar-refractivity contribution is -0.116. The molecule has 0 amide bonds. The van der Waals surface area contributed by atoms with Gasteiger partial charge in [0.15, 0.2) is 12.1 Å². The molecule has 226 valence electrons. The lowest BCUT2D eigenvalue weighted by Gasteiger charge is -2.24. The molecular weight excluding hydrogens is 555 g/mol. The number of hydrogen-bond donors (Lipinski definition) is 1. The van der Waals surface area contributed by atoms with Crippen LogP contribution in [0.5, 0.6) is 5.75 Å². The second kappa shape index (κ2) is 12.3. The molecule has 0 radical (unpaired) electrons. The molecule has 5 atom stereocenters. The van der Waals surface area contributed by atoms with E-state index in [4.69, 9.17) is 23.7 Å². The molecular formula is C32H35FN4O6. The number of allylic oxidation sites excluding steroid dienone is 1. The lowest BCUT2D eigenvalue weighted by Crippen LogP contribution is -2.36. The predicted molar refractivity (Wildman–Crippen MR) is 156 cm³/mol. The van der Waals surface area contributed by atoms with E-state index in [1.807, 2.05) is 18.2 Å². The molecule has 1 aromatic heterocycles. The zero-order valence-corrected chi connectivity index (χ0v) is 24.0. The second-order valence-corrected chi connectivity index (χ2v) is 11.6. The third kappa shape index (κ3) is 6.13. The molecule has 11 heteroatoms. The normalized spacial score (nSPS) is 27.1. The number of ketones is 1. The van der Waals surface area contributed by atoms with Gasteiger partial charge in [-0.1, -0.05) is 6.08 Å². The van der Waals surface area contributed by atoms with Crippen molar-refractivity contribution in [2.45, 2.75) is 44.4 Å². The number of fused-ring (bicyclic) bond motifs is 3. The number of carbonyl (C=O) groups excluding carboxylic acids is 1. The number of ether oxygens (including phenoxy) is 5. The van der Waals surface area contributed by atoms with E-state index in [1.54, 1.807) is 25.1 Å². The Morgan fingerprint density at radius 3 is 2.74 bits per heavy atom. The maximum atomic E-state index is 13.9. The summed E-state index contributed by atoms with van der Waals surface area (Å²) in [6.07, 6.45) is 5.79. The van der Waals surface area contributed by atoms with Gasteiger partial charge in [0, 0.05) is 48.8 Å². The molecule has 5 heterocycles. The highest BCUT2D eigenvalue weighted by atomic mass is 19.1. The van der Waals surface area contributed by atoms with Gasteiger partial charge in [-0.15, -0.1) is 0 Å². The van der Waals surface area contributed by atoms with Crippen LogP contribution in [0, 0.1) is 18.7 Å². The highest BCUT2D eigenvalue weighted by Crippen LogP contribution is 2.37. The maximum absolute atomic E-state index is 13.9. The van der Waals surface area contributed by atoms with Crippen molar-refractivity contribution < 1.29 is 32.9 Å². The average Bonchev–Trinajstić information content (AvgIpc) is 3.73. The molecule has 1 N–H and O–H groups in total. The zero-order valence-electron chi connectivity index (χ0n) is 24.0. The van der Waals surface area contributed by atoms with E-state index in [0.717, 1.165) is 30.5 Å². The summed E-state index contributed by atoms with van der Waals surface area (Å²) in [6, 6.07) is 8.58. The predicted octanol–water partition coefficient (Wildman–Crippen LogP) is 3.73. The largest absolute Gasteiger partial charge is 0.487 e. The number of likely N-dealkylation sites (tertiary alicyclic amines) is 1. The number of nitrogens with one attached hydrogen (secondary N) is 1. The average molecular weight is 591 g/mol. The first-order valence-electron chi connectivity index (χ1n) is 14.9. The van der Waals surface area contributed by atoms with E-state index in [1.165, 1.54) is 12.4 Å². The molecule has 4 aliphatic rings. The number of rotatable bonds is 9. The summed E-state index contributed by atoms with van der Waals surface area (Å²) < 4.78 is 43.5. The molecule has 2 aromatic carbocycles. The van der Waals surface area contributed by atoms with E-state index in [0.29, 0.717) is 61.3 Å². The Morgan fingerprint density at radius 2 is 1.93 bits per heavy atom. The number of halogens is 1. The smallest absolute Gasteiger partial charge is 0.164 e. The first kappa shape index (κ1) is 28.3. The van der Waals surface area contributed by atoms with Gasteiger partial charge >= 0.3 is 0 Å². The van der Waals surface area contributed by atoms with Gasteiger partial charge in [0.2, 0.25) is 0 Å². The van der Waals surface area contributed by atoms with Gasteiger partial charge in [0.05, 0.1) is 50.1 Å². The Balaban J connectivity index is 1.13. The quantitative estimate of drug-likeness (QED) is 0.371. The Labute approximate surface area is 249 Å². The van der Waals surface area contributed by atoms with Crippen LogP contribution in [0.3, 0.4) is 0 Å². The van der Waals surface area contributed by atoms with Crippen LogP contribution < -0.4 is 10.1 Å². The summed E-state index contributed by atoms with van der Waals surface area (Å²) in [5.41, 5.74) is 2.62. The molecule has 0 spiro atoms. The first-order chi connectivity index (χ1) is 21.0. The summed E-state index contributed by atoms with van der Waals surface area (Å²) in [4.78, 5) is 24.4. The fourth-order valence-corrected chi connectivity index (χ4v) is 6.31. The fraction of sp³-hybridized carbons (Fsp3) is 0.469. The van der Waals surface area contributed by atoms with Crippen molar-refractivity contribution in [3.8, 4) is 5.75 Å². The number of anilines is 2. The van der Waals surface area contributed by atoms with Crippen molar-refractivity contribution in [3.63, 3.8) is 0 Å². The number of benzene rings is 2. The molecule has 4 saturated heterocycles. The molecule has 7 rings (SSSR count). The number of aryl methyl sites for hydroxylation is 1. The van der Waals surface area contributed by atoms with Crippen molar-refractivity contribution >= 4 is 28.2 Å². The van der Waals surface area contributed by atoms with Gasteiger partial charge in [-0.3, -0.25) is 9.69 Å². The molecule has 4 aliphatic heterocycles. The van der Waals surface area contributed by atoms with Crippen LogP contribution in [0.15, 0.2) is 48.8 Å². The van der Waals surface area contributed by atoms with Crippen LogP contribution in [-0.2, 0) is 30.2 Å². The van der Waals surface area contributed by atoms with Crippen molar-refractivity contribution in [3.05, 3.63) is 65.8 Å². The minimum absolute atomic E-state index is 0.0430. The van der Waals surface area contributed by atoms with Gasteiger partial charge < -0.3 is 29.0 Å². The molecule has 0 aliphatic carbocycles. The standard InChI is InChI=1S/C32H35FN4O6/c1-19-11-21(4-5-25(19)33)36-31-24-13-20(12-22(38)3-2-7-37-15-28-29(16-37)40-10-9-39-28)27(14-26(24)34-18-35-31)43-30-17-42-32-23(30)6-8-41-32/h2-5,11,13-14,18,23,28-30,32H,6-10,12,15-17H2,1H3,(H,34,35,36)/b3-2+. The zero-order chi connectivity index (χ0) is 29.3. The van der Waals surface area contributed by atoms with E-state index in [2.05, 4.69) is 20.2 Å². The molecule has 10 nitrogen and oxygen atoms in total. The monoisotopic (exact) mass is 590 g/mol. The maximum Gasteiger partial charge on any atom is 0.164 e. The van der Waals surface area contributed by atoms with Gasteiger partial charge in [-0.2, -0.15) is 0 Å². The summed E-state index contributed by atoms with van der Waals surface area (Å²) in [6.45, 7) is 6.28. The van der Waals surface area contributed by atoms with Crippen LogP contribution in [0.25, 0.3) is 10.9 Å². The minimum Gasteiger partial charge on any atom is -0.487 e. The summed E-state index contributed by atoms with van der Waals surface area (Å²) in [5.74, 6) is 0.972. The van der Waals surface area contributed by atoms with Crippen molar-refractivity contribution in [1.29, 1.82) is 0 Å². The van der Waals surface area contributed by atoms with Gasteiger partial charge in [0.25, 0.3) is 0 Å². The van der Waals surface area contributed by atoms with Crippen LogP contribution in [0.1, 0.15) is 17.5 Å². The van der Waals surface area contributed by atoms with Crippen LogP contribution in [0.2, 0.25) is 0 Å². The number of aromatic nitrogens is 2. The number of nitrogens with zero attached hydrogens (tertiary/aromatic N) is 3. The second-order valence-electron chi connectivity index (χ2n) is 11.6. The molecule has 3 aromatic rings. The van der Waals surface area contributed by atoms with Crippen LogP contribution >= 0.6 is 0 Å². The summed E-state index contributed by atoms with van der Waals surface area (Å²) in [7, 11) is 0. The van der Waals surface area contributed by atoms with E-state index in [-0.39, 0.29) is 48.5 Å². The van der Waals surface area contributed by atoms with Gasteiger partial charge in [-0.05, 0) is 49.2 Å². The van der Waals surface area contributed by atoms with Gasteiger partial charge in [0.1, 0.15) is 29.8 Å². The van der Waals surface area contributed by atoms with Crippen LogP contribution in [-0.4, -0.2) is 91.3 Å². The topological polar surface area (TPSA) is 104 Å². The number of hydrogen-bond acceptors (Lipinski definition) is 10. The Hall–Kier alpha value is -3.48. The van der Waals surface area contributed by atoms with Crippen molar-refractivity contribution in [2.75, 3.05) is 51.4 Å². The molecule has 0 bridgehead atoms. The van der Waals surface area contributed by atoms with Gasteiger partial charge in [-0.25, -0.2) is 14.4 Å². The van der Waals surface area contributed by atoms with E-state index >= 15 is 0 Å². The van der Waals surface area contributed by atoms with E-state index in [9.17, 15) is 9.18 Å². The summed E-state index contributed by atoms with van der Waals surface area (Å²) >= 11 is 0. The van der Waals surface area contributed by atoms with E-state index < -0.39 is 0 Å². The molecule has 0 saturated carbocycles. The van der Waals surface area contributed by atoms with Crippen molar-refractivity contribution in [1.82, 2.24) is 14.9 Å². The summed E-state index contributed by atoms with van der Waals surface area (Å²) in [5, 5.41) is 4.01. The van der Waals surface area contributed by atoms with Crippen molar-refractivity contribution in [2.24, 2.45) is 5.92 Å². The third-order valence-corrected chi connectivity index (χ3v) is 8.57. The molecule has 5 unspecified atom stereocenters. The Kier molecular flexibility index (Phi) is 8.07. The highest BCUT2D eigenvalue weighted by molar-refractivity contribution is 5.96. The molecule has 4 fully saturated rings. The first-order valence-corrected chi connectivity index (χ1v) is 14.9. The van der Waals surface area contributed by atoms with Crippen LogP contribution in [0.4, 0.5) is 15.9 Å². The number of carbonyl (C=O) groups is 1. The SMILES string of the molecule is Cc1cc(Nc2ncnc3cc(OC4COC5OCCC45)c(CC(=O)/C=C/CN4CC5OCCOC5C4)cc23)ccc1F. The Bertz CT molecular complexity index is 1520. The lowest BCUT2D eigenvalue weighted by atomic mass is 10.0. The highest BCUT2D eigenvalue weighted by Gasteiger charge is 2.43. The Morgan fingerprint density at radius 1 is 1.09 bits per heavy atom. The molecule has 43 heavy (non-hydrogen) atoms.